The third-order valence-electron chi connectivity index (χ3n) is 6.28. The van der Waals surface area contributed by atoms with Crippen molar-refractivity contribution in [1.82, 2.24) is 35.1 Å². The van der Waals surface area contributed by atoms with E-state index in [9.17, 15) is 4.39 Å². The van der Waals surface area contributed by atoms with Crippen molar-refractivity contribution in [2.45, 2.75) is 26.3 Å². The van der Waals surface area contributed by atoms with Gasteiger partial charge in [0.25, 0.3) is 0 Å². The van der Waals surface area contributed by atoms with Crippen LogP contribution in [0, 0.1) is 17.1 Å². The average molecular weight is 511 g/mol. The van der Waals surface area contributed by atoms with E-state index in [1.807, 2.05) is 42.6 Å². The van der Waals surface area contributed by atoms with E-state index >= 15 is 0 Å². The first-order chi connectivity index (χ1) is 18.7. The molecule has 0 aliphatic carbocycles. The number of hydrogen-bond acceptors (Lipinski definition) is 7. The molecule has 0 atom stereocenters. The molecule has 9 nitrogen and oxygen atoms in total. The van der Waals surface area contributed by atoms with Crippen LogP contribution in [0.2, 0.25) is 0 Å². The Bertz CT molecular complexity index is 1560. The van der Waals surface area contributed by atoms with Crippen molar-refractivity contribution in [2.24, 2.45) is 0 Å². The lowest BCUT2D eigenvalue weighted by Crippen LogP contribution is -2.27. The van der Waals surface area contributed by atoms with Crippen LogP contribution in [0.1, 0.15) is 24.6 Å². The van der Waals surface area contributed by atoms with Crippen LogP contribution in [0.3, 0.4) is 0 Å². The number of aromatic nitrogens is 6. The summed E-state index contributed by atoms with van der Waals surface area (Å²) in [4.78, 5) is 6.25. The van der Waals surface area contributed by atoms with Crippen molar-refractivity contribution in [3.05, 3.63) is 84.2 Å². The molecule has 0 spiro atoms. The minimum absolute atomic E-state index is 0.123. The number of rotatable bonds is 11. The fraction of sp³-hybridized carbons (Fsp3) is 0.250. The normalized spacial score (nSPS) is 11.2. The average Bonchev–Trinajstić information content (AvgIpc) is 3.59. The Morgan fingerprint density at radius 1 is 1.13 bits per heavy atom. The highest BCUT2D eigenvalue weighted by Gasteiger charge is 2.16. The maximum absolute atomic E-state index is 14.6. The zero-order valence-electron chi connectivity index (χ0n) is 21.0. The third-order valence-corrected chi connectivity index (χ3v) is 6.28. The molecule has 0 saturated carbocycles. The molecule has 2 aromatic carbocycles. The van der Waals surface area contributed by atoms with Crippen LogP contribution in [0.4, 0.5) is 4.39 Å². The number of aromatic amines is 1. The summed E-state index contributed by atoms with van der Waals surface area (Å²) >= 11 is 0. The smallest absolute Gasteiger partial charge is 0.174 e. The number of fused-ring (bicyclic) bond motifs is 1. The van der Waals surface area contributed by atoms with Crippen molar-refractivity contribution >= 4 is 10.9 Å². The molecule has 0 aliphatic heterocycles. The number of halogens is 1. The van der Waals surface area contributed by atoms with Crippen LogP contribution >= 0.6 is 0 Å². The van der Waals surface area contributed by atoms with Crippen LogP contribution in [0.15, 0.2) is 67.1 Å². The Balaban J connectivity index is 1.31. The molecular weight excluding hydrogens is 483 g/mol. The first kappa shape index (κ1) is 25.0. The van der Waals surface area contributed by atoms with Gasteiger partial charge in [0.1, 0.15) is 23.3 Å². The van der Waals surface area contributed by atoms with Crippen molar-refractivity contribution in [1.29, 1.82) is 5.26 Å². The number of nitrogens with zero attached hydrogens (tertiary/aromatic N) is 7. The van der Waals surface area contributed by atoms with Gasteiger partial charge in [0.2, 0.25) is 0 Å². The Hall–Kier alpha value is -4.62. The summed E-state index contributed by atoms with van der Waals surface area (Å²) in [5.41, 5.74) is 4.94. The van der Waals surface area contributed by atoms with E-state index in [-0.39, 0.29) is 12.4 Å². The SMILES string of the molecule is CCCN(CCc1cn(-c2ccc3[nH]nc(-c4ccncc4)c3c2)nn1)Cc1c(F)cccc1OCC#N. The van der Waals surface area contributed by atoms with E-state index in [0.717, 1.165) is 46.5 Å². The summed E-state index contributed by atoms with van der Waals surface area (Å²) < 4.78 is 21.8. The van der Waals surface area contributed by atoms with Crippen molar-refractivity contribution in [2.75, 3.05) is 19.7 Å². The molecular formula is C28H27FN8O. The largest absolute Gasteiger partial charge is 0.478 e. The molecule has 0 amide bonds. The number of H-pyrrole nitrogens is 1. The Labute approximate surface area is 219 Å². The molecule has 38 heavy (non-hydrogen) atoms. The molecule has 0 radical (unpaired) electrons. The topological polar surface area (TPSA) is 109 Å². The van der Waals surface area contributed by atoms with Crippen LogP contribution in [0.25, 0.3) is 27.8 Å². The van der Waals surface area contributed by atoms with Gasteiger partial charge in [-0.05, 0) is 55.4 Å². The highest BCUT2D eigenvalue weighted by molar-refractivity contribution is 5.94. The van der Waals surface area contributed by atoms with Crippen LogP contribution in [-0.2, 0) is 13.0 Å². The van der Waals surface area contributed by atoms with E-state index < -0.39 is 0 Å². The fourth-order valence-corrected chi connectivity index (χ4v) is 4.43. The molecule has 0 aliphatic rings. The maximum Gasteiger partial charge on any atom is 0.174 e. The highest BCUT2D eigenvalue weighted by atomic mass is 19.1. The van der Waals surface area contributed by atoms with Crippen molar-refractivity contribution < 1.29 is 9.13 Å². The Morgan fingerprint density at radius 2 is 2.00 bits per heavy atom. The predicted molar refractivity (Wildman–Crippen MR) is 141 cm³/mol. The molecule has 0 saturated heterocycles. The molecule has 0 bridgehead atoms. The fourth-order valence-electron chi connectivity index (χ4n) is 4.43. The van der Waals surface area contributed by atoms with Crippen molar-refractivity contribution in [3.8, 4) is 28.8 Å². The number of ether oxygens (including phenoxy) is 1. The maximum atomic E-state index is 14.6. The summed E-state index contributed by atoms with van der Waals surface area (Å²) in [6, 6.07) is 16.5. The lowest BCUT2D eigenvalue weighted by Gasteiger charge is -2.22. The lowest BCUT2D eigenvalue weighted by molar-refractivity contribution is 0.257. The second-order valence-electron chi connectivity index (χ2n) is 8.88. The quantitative estimate of drug-likeness (QED) is 0.274. The second kappa shape index (κ2) is 11.6. The molecule has 5 aromatic rings. The summed E-state index contributed by atoms with van der Waals surface area (Å²) in [7, 11) is 0. The summed E-state index contributed by atoms with van der Waals surface area (Å²) in [6.07, 6.45) is 6.98. The molecule has 0 fully saturated rings. The van der Waals surface area contributed by atoms with Crippen LogP contribution in [0.5, 0.6) is 5.75 Å². The van der Waals surface area contributed by atoms with Gasteiger partial charge < -0.3 is 4.74 Å². The standard InChI is InChI=1S/C28H27FN8O/c1-2-14-36(19-24-25(29)4-3-5-27(24)38-16-11-30)15-10-21-18-37(35-32-21)22-6-7-26-23(17-22)28(34-33-26)20-8-12-31-13-9-20/h3-9,12-13,17-18H,2,10,14-16,19H2,1H3,(H,33,34). The molecule has 10 heteroatoms. The van der Waals surface area contributed by atoms with Crippen molar-refractivity contribution in [3.63, 3.8) is 0 Å². The molecule has 0 unspecified atom stereocenters. The van der Waals surface area contributed by atoms with E-state index in [2.05, 4.69) is 37.3 Å². The van der Waals surface area contributed by atoms with Gasteiger partial charge in [-0.25, -0.2) is 9.07 Å². The first-order valence-corrected chi connectivity index (χ1v) is 12.5. The lowest BCUT2D eigenvalue weighted by atomic mass is 10.1. The number of benzene rings is 2. The number of hydrogen-bond donors (Lipinski definition) is 1. The van der Waals surface area contributed by atoms with E-state index in [4.69, 9.17) is 10.00 Å². The Kier molecular flexibility index (Phi) is 7.66. The number of nitriles is 1. The third kappa shape index (κ3) is 5.53. The van der Waals surface area contributed by atoms with Gasteiger partial charge in [-0.3, -0.25) is 15.0 Å². The molecule has 1 N–H and O–H groups in total. The van der Waals surface area contributed by atoms with Gasteiger partial charge in [-0.2, -0.15) is 10.4 Å². The minimum Gasteiger partial charge on any atom is -0.478 e. The summed E-state index contributed by atoms with van der Waals surface area (Å²) in [5.74, 6) is 0.0626. The zero-order chi connectivity index (χ0) is 26.3. The zero-order valence-corrected chi connectivity index (χ0v) is 21.0. The Morgan fingerprint density at radius 3 is 2.82 bits per heavy atom. The second-order valence-corrected chi connectivity index (χ2v) is 8.88. The van der Waals surface area contributed by atoms with Gasteiger partial charge in [-0.1, -0.05) is 18.2 Å². The van der Waals surface area contributed by atoms with Gasteiger partial charge >= 0.3 is 0 Å². The minimum atomic E-state index is -0.340. The monoisotopic (exact) mass is 510 g/mol. The van der Waals surface area contributed by atoms with Gasteiger partial charge in [0, 0.05) is 48.4 Å². The summed E-state index contributed by atoms with van der Waals surface area (Å²) in [6.45, 7) is 3.80. The highest BCUT2D eigenvalue weighted by Crippen LogP contribution is 2.28. The first-order valence-electron chi connectivity index (χ1n) is 12.5. The predicted octanol–water partition coefficient (Wildman–Crippen LogP) is 4.70. The van der Waals surface area contributed by atoms with E-state index in [0.29, 0.717) is 30.8 Å². The molecule has 192 valence electrons. The van der Waals surface area contributed by atoms with E-state index in [1.165, 1.54) is 6.07 Å². The molecule has 3 aromatic heterocycles. The van der Waals surface area contributed by atoms with Crippen LogP contribution < -0.4 is 4.74 Å². The van der Waals surface area contributed by atoms with Gasteiger partial charge in [-0.15, -0.1) is 5.10 Å². The number of pyridine rings is 1. The van der Waals surface area contributed by atoms with Gasteiger partial charge in [0.15, 0.2) is 6.61 Å². The molecule has 3 heterocycles. The molecule has 5 rings (SSSR count). The number of nitrogens with one attached hydrogen (secondary N) is 1. The van der Waals surface area contributed by atoms with Gasteiger partial charge in [0.05, 0.1) is 23.1 Å². The summed E-state index contributed by atoms with van der Waals surface area (Å²) in [5, 5.41) is 26.1. The van der Waals surface area contributed by atoms with E-state index in [1.54, 1.807) is 29.2 Å². The van der Waals surface area contributed by atoms with Crippen LogP contribution in [-0.4, -0.2) is 54.8 Å².